The molecule has 2 aromatic heterocycles. The molecule has 0 atom stereocenters. The number of aliphatic hydroxyl groups is 1. The Morgan fingerprint density at radius 3 is 2.63 bits per heavy atom. The Balaban J connectivity index is 1.38. The van der Waals surface area contributed by atoms with Crippen molar-refractivity contribution in [1.29, 1.82) is 0 Å². The van der Waals surface area contributed by atoms with Crippen molar-refractivity contribution in [2.45, 2.75) is 32.7 Å². The molecule has 0 amide bonds. The zero-order valence-electron chi connectivity index (χ0n) is 15.2. The standard InChI is InChI=1S/C22H23N3O2/c26-16-22-23-10-14-25(22)12-4-11-24-13-9-19-15-20(7-8-21(19)24)27-17-18-5-2-1-3-6-18/h1-3,5-10,13-15,26H,4,11-12,16-17H2. The van der Waals surface area contributed by atoms with Gasteiger partial charge in [0.25, 0.3) is 0 Å². The molecule has 0 spiro atoms. The highest BCUT2D eigenvalue weighted by molar-refractivity contribution is 5.81. The van der Waals surface area contributed by atoms with Crippen molar-refractivity contribution >= 4 is 10.9 Å². The average molecular weight is 361 g/mol. The number of nitrogens with zero attached hydrogens (tertiary/aromatic N) is 3. The summed E-state index contributed by atoms with van der Waals surface area (Å²) < 4.78 is 10.2. The highest BCUT2D eigenvalue weighted by Crippen LogP contribution is 2.23. The molecule has 0 bridgehead atoms. The zero-order valence-corrected chi connectivity index (χ0v) is 15.2. The molecule has 0 fully saturated rings. The van der Waals surface area contributed by atoms with Crippen molar-refractivity contribution in [3.8, 4) is 5.75 Å². The minimum atomic E-state index is -0.0226. The van der Waals surface area contributed by atoms with Crippen molar-refractivity contribution in [2.24, 2.45) is 0 Å². The molecule has 4 rings (SSSR count). The van der Waals surface area contributed by atoms with E-state index in [1.54, 1.807) is 6.20 Å². The van der Waals surface area contributed by atoms with Crippen LogP contribution in [0.2, 0.25) is 0 Å². The summed E-state index contributed by atoms with van der Waals surface area (Å²) in [5.74, 6) is 1.60. The van der Waals surface area contributed by atoms with E-state index in [2.05, 4.69) is 46.1 Å². The summed E-state index contributed by atoms with van der Waals surface area (Å²) in [6.45, 7) is 2.31. The first kappa shape index (κ1) is 17.4. The van der Waals surface area contributed by atoms with E-state index in [1.807, 2.05) is 35.0 Å². The van der Waals surface area contributed by atoms with E-state index in [4.69, 9.17) is 4.74 Å². The second kappa shape index (κ2) is 8.10. The number of benzene rings is 2. The fourth-order valence-electron chi connectivity index (χ4n) is 3.31. The van der Waals surface area contributed by atoms with Crippen LogP contribution >= 0.6 is 0 Å². The van der Waals surface area contributed by atoms with Gasteiger partial charge in [-0.1, -0.05) is 30.3 Å². The largest absolute Gasteiger partial charge is 0.489 e. The number of hydrogen-bond donors (Lipinski definition) is 1. The Hall–Kier alpha value is -3.05. The minimum Gasteiger partial charge on any atom is -0.489 e. The van der Waals surface area contributed by atoms with Crippen LogP contribution in [0.4, 0.5) is 0 Å². The first-order chi connectivity index (χ1) is 13.3. The summed E-state index contributed by atoms with van der Waals surface area (Å²) in [5, 5.41) is 10.5. The SMILES string of the molecule is OCc1nccn1CCCn1ccc2cc(OCc3ccccc3)ccc21. The molecular formula is C22H23N3O2. The topological polar surface area (TPSA) is 52.2 Å². The van der Waals surface area contributed by atoms with Crippen LogP contribution in [0.5, 0.6) is 5.75 Å². The van der Waals surface area contributed by atoms with Crippen molar-refractivity contribution in [1.82, 2.24) is 14.1 Å². The van der Waals surface area contributed by atoms with Gasteiger partial charge >= 0.3 is 0 Å². The van der Waals surface area contributed by atoms with Crippen LogP contribution in [0.1, 0.15) is 17.8 Å². The molecule has 2 aromatic carbocycles. The van der Waals surface area contributed by atoms with Gasteiger partial charge in [-0.25, -0.2) is 4.98 Å². The number of aromatic nitrogens is 3. The van der Waals surface area contributed by atoms with Crippen LogP contribution in [0.3, 0.4) is 0 Å². The van der Waals surface area contributed by atoms with E-state index in [0.29, 0.717) is 12.4 Å². The van der Waals surface area contributed by atoms with E-state index < -0.39 is 0 Å². The molecule has 0 aliphatic rings. The Labute approximate surface area is 158 Å². The van der Waals surface area contributed by atoms with Gasteiger partial charge in [0.1, 0.15) is 24.8 Å². The van der Waals surface area contributed by atoms with Gasteiger partial charge in [-0.05, 0) is 36.2 Å². The second-order valence-corrected chi connectivity index (χ2v) is 6.55. The predicted molar refractivity (Wildman–Crippen MR) is 105 cm³/mol. The maximum atomic E-state index is 9.27. The molecule has 0 aliphatic carbocycles. The fraction of sp³-hybridized carbons (Fsp3) is 0.227. The maximum absolute atomic E-state index is 9.27. The lowest BCUT2D eigenvalue weighted by molar-refractivity contribution is 0.264. The Kier molecular flexibility index (Phi) is 5.21. The van der Waals surface area contributed by atoms with Crippen LogP contribution < -0.4 is 4.74 Å². The molecule has 0 saturated heterocycles. The lowest BCUT2D eigenvalue weighted by atomic mass is 10.2. The molecule has 138 valence electrons. The summed E-state index contributed by atoms with van der Waals surface area (Å²) in [4.78, 5) is 4.14. The molecular weight excluding hydrogens is 338 g/mol. The monoisotopic (exact) mass is 361 g/mol. The van der Waals surface area contributed by atoms with Crippen LogP contribution in [0.15, 0.2) is 73.2 Å². The molecule has 0 saturated carbocycles. The van der Waals surface area contributed by atoms with Gasteiger partial charge in [0.05, 0.1) is 0 Å². The highest BCUT2D eigenvalue weighted by Gasteiger charge is 2.05. The normalized spacial score (nSPS) is 11.1. The van der Waals surface area contributed by atoms with E-state index >= 15 is 0 Å². The van der Waals surface area contributed by atoms with E-state index in [-0.39, 0.29) is 6.61 Å². The number of aliphatic hydroxyl groups excluding tert-OH is 1. The Morgan fingerprint density at radius 1 is 0.926 bits per heavy atom. The quantitative estimate of drug-likeness (QED) is 0.516. The summed E-state index contributed by atoms with van der Waals surface area (Å²) in [7, 11) is 0. The molecule has 0 radical (unpaired) electrons. The highest BCUT2D eigenvalue weighted by atomic mass is 16.5. The molecule has 5 nitrogen and oxygen atoms in total. The number of rotatable bonds is 8. The summed E-state index contributed by atoms with van der Waals surface area (Å²) in [6, 6.07) is 18.6. The lowest BCUT2D eigenvalue weighted by Crippen LogP contribution is -2.06. The smallest absolute Gasteiger partial charge is 0.134 e. The van der Waals surface area contributed by atoms with Gasteiger partial charge in [0.2, 0.25) is 0 Å². The number of aryl methyl sites for hydroxylation is 2. The van der Waals surface area contributed by atoms with Crippen molar-refractivity contribution in [3.63, 3.8) is 0 Å². The van der Waals surface area contributed by atoms with Gasteiger partial charge in [-0.3, -0.25) is 0 Å². The number of ether oxygens (including phenoxy) is 1. The first-order valence-corrected chi connectivity index (χ1v) is 9.20. The van der Waals surface area contributed by atoms with Crippen LogP contribution in [-0.2, 0) is 26.3 Å². The van der Waals surface area contributed by atoms with Gasteiger partial charge in [-0.2, -0.15) is 0 Å². The van der Waals surface area contributed by atoms with Crippen molar-refractivity contribution in [3.05, 3.63) is 84.6 Å². The summed E-state index contributed by atoms with van der Waals surface area (Å²) >= 11 is 0. The van der Waals surface area contributed by atoms with Crippen LogP contribution in [0, 0.1) is 0 Å². The number of fused-ring (bicyclic) bond motifs is 1. The molecule has 0 unspecified atom stereocenters. The van der Waals surface area contributed by atoms with Gasteiger partial charge < -0.3 is 19.0 Å². The van der Waals surface area contributed by atoms with Gasteiger partial charge in [0, 0.05) is 42.6 Å². The van der Waals surface area contributed by atoms with E-state index in [0.717, 1.165) is 30.8 Å². The first-order valence-electron chi connectivity index (χ1n) is 9.20. The molecule has 2 heterocycles. The second-order valence-electron chi connectivity index (χ2n) is 6.55. The number of hydrogen-bond acceptors (Lipinski definition) is 3. The third-order valence-electron chi connectivity index (χ3n) is 4.73. The Bertz CT molecular complexity index is 1000. The molecule has 0 aliphatic heterocycles. The van der Waals surface area contributed by atoms with Crippen LogP contribution in [-0.4, -0.2) is 19.2 Å². The van der Waals surface area contributed by atoms with Crippen molar-refractivity contribution < 1.29 is 9.84 Å². The molecule has 27 heavy (non-hydrogen) atoms. The summed E-state index contributed by atoms with van der Waals surface area (Å²) in [5.41, 5.74) is 2.37. The third-order valence-corrected chi connectivity index (χ3v) is 4.73. The Morgan fingerprint density at radius 2 is 1.78 bits per heavy atom. The maximum Gasteiger partial charge on any atom is 0.134 e. The molecule has 5 heteroatoms. The van der Waals surface area contributed by atoms with E-state index in [1.165, 1.54) is 10.9 Å². The lowest BCUT2D eigenvalue weighted by Gasteiger charge is -2.09. The van der Waals surface area contributed by atoms with Crippen molar-refractivity contribution in [2.75, 3.05) is 0 Å². The minimum absolute atomic E-state index is 0.0226. The van der Waals surface area contributed by atoms with E-state index in [9.17, 15) is 5.11 Å². The predicted octanol–water partition coefficient (Wildman–Crippen LogP) is 4.00. The van der Waals surface area contributed by atoms with Crippen LogP contribution in [0.25, 0.3) is 10.9 Å². The average Bonchev–Trinajstić information content (AvgIpc) is 3.34. The third kappa shape index (κ3) is 4.04. The molecule has 4 aromatic rings. The van der Waals surface area contributed by atoms with Gasteiger partial charge in [0.15, 0.2) is 0 Å². The summed E-state index contributed by atoms with van der Waals surface area (Å²) in [6.07, 6.45) is 6.73. The zero-order chi connectivity index (χ0) is 18.5. The van der Waals surface area contributed by atoms with Gasteiger partial charge in [-0.15, -0.1) is 0 Å². The fourth-order valence-corrected chi connectivity index (χ4v) is 3.31. The molecule has 1 N–H and O–H groups in total. The number of imidazole rings is 1.